The van der Waals surface area contributed by atoms with Crippen LogP contribution >= 0.6 is 12.2 Å². The molecule has 2 N–H and O–H groups in total. The molecule has 9 heavy (non-hydrogen) atoms. The van der Waals surface area contributed by atoms with Crippen LogP contribution in [0.15, 0.2) is 17.8 Å². The predicted octanol–water partition coefficient (Wildman–Crippen LogP) is 0.252. The Hall–Kier alpha value is -0.900. The number of hydrogen-bond donors (Lipinski definition) is 2. The van der Waals surface area contributed by atoms with Gasteiger partial charge in [-0.05, 0) is 18.3 Å². The van der Waals surface area contributed by atoms with E-state index in [0.29, 0.717) is 5.11 Å². The molecular formula is C5H9N3S. The molecule has 0 atom stereocenters. The van der Waals surface area contributed by atoms with E-state index < -0.39 is 0 Å². The number of hydrazone groups is 1. The summed E-state index contributed by atoms with van der Waals surface area (Å²) in [5, 5.41) is 6.85. The summed E-state index contributed by atoms with van der Waals surface area (Å²) in [6.45, 7) is 3.43. The Morgan fingerprint density at radius 3 is 2.89 bits per heavy atom. The quantitative estimate of drug-likeness (QED) is 0.330. The molecule has 0 aromatic heterocycles. The summed E-state index contributed by atoms with van der Waals surface area (Å²) in [7, 11) is 1.72. The average molecular weight is 143 g/mol. The SMILES string of the molecule is C=C/C=N/NC(=S)NC. The molecule has 0 amide bonds. The van der Waals surface area contributed by atoms with Gasteiger partial charge in [0.05, 0.1) is 0 Å². The Balaban J connectivity index is 3.37. The first-order chi connectivity index (χ1) is 4.31. The average Bonchev–Trinajstić information content (AvgIpc) is 1.89. The van der Waals surface area contributed by atoms with Gasteiger partial charge in [0.25, 0.3) is 0 Å². The van der Waals surface area contributed by atoms with Crippen molar-refractivity contribution in [1.82, 2.24) is 10.7 Å². The van der Waals surface area contributed by atoms with Gasteiger partial charge < -0.3 is 5.32 Å². The van der Waals surface area contributed by atoms with Gasteiger partial charge in [0.1, 0.15) is 0 Å². The van der Waals surface area contributed by atoms with Crippen molar-refractivity contribution >= 4 is 23.5 Å². The minimum atomic E-state index is 0.494. The predicted molar refractivity (Wildman–Crippen MR) is 43.5 cm³/mol. The van der Waals surface area contributed by atoms with E-state index in [0.717, 1.165) is 0 Å². The lowest BCUT2D eigenvalue weighted by atomic mass is 10.7. The Morgan fingerprint density at radius 1 is 1.78 bits per heavy atom. The smallest absolute Gasteiger partial charge is 0.186 e. The minimum absolute atomic E-state index is 0.494. The molecule has 0 unspecified atom stereocenters. The van der Waals surface area contributed by atoms with Crippen molar-refractivity contribution in [3.8, 4) is 0 Å². The second-order valence-corrected chi connectivity index (χ2v) is 1.61. The van der Waals surface area contributed by atoms with Crippen LogP contribution in [0.2, 0.25) is 0 Å². The number of allylic oxidation sites excluding steroid dienone is 1. The van der Waals surface area contributed by atoms with Gasteiger partial charge in [-0.15, -0.1) is 0 Å². The lowest BCUT2D eigenvalue weighted by molar-refractivity contribution is 0.983. The molecule has 0 aliphatic rings. The summed E-state index contributed by atoms with van der Waals surface area (Å²) in [4.78, 5) is 0. The molecule has 0 bridgehead atoms. The van der Waals surface area contributed by atoms with Crippen molar-refractivity contribution in [2.24, 2.45) is 5.10 Å². The molecule has 3 nitrogen and oxygen atoms in total. The first-order valence-electron chi connectivity index (χ1n) is 2.43. The molecule has 0 aliphatic carbocycles. The zero-order chi connectivity index (χ0) is 7.11. The number of thiocarbonyl (C=S) groups is 1. The van der Waals surface area contributed by atoms with E-state index in [9.17, 15) is 0 Å². The maximum absolute atomic E-state index is 4.70. The highest BCUT2D eigenvalue weighted by molar-refractivity contribution is 7.80. The third-order valence-electron chi connectivity index (χ3n) is 0.573. The molecule has 0 aliphatic heterocycles. The second kappa shape index (κ2) is 5.24. The lowest BCUT2D eigenvalue weighted by Gasteiger charge is -1.97. The molecule has 0 saturated heterocycles. The van der Waals surface area contributed by atoms with Crippen molar-refractivity contribution in [3.05, 3.63) is 12.7 Å². The summed E-state index contributed by atoms with van der Waals surface area (Å²) >= 11 is 4.70. The normalized spacial score (nSPS) is 9.00. The van der Waals surface area contributed by atoms with Crippen LogP contribution in [0.4, 0.5) is 0 Å². The number of nitrogens with one attached hydrogen (secondary N) is 2. The number of hydrogen-bond acceptors (Lipinski definition) is 2. The van der Waals surface area contributed by atoms with Gasteiger partial charge in [0, 0.05) is 13.3 Å². The maximum Gasteiger partial charge on any atom is 0.186 e. The van der Waals surface area contributed by atoms with Crippen molar-refractivity contribution in [2.75, 3.05) is 7.05 Å². The summed E-state index contributed by atoms with van der Waals surface area (Å²) in [6.07, 6.45) is 3.08. The van der Waals surface area contributed by atoms with Crippen LogP contribution in [0, 0.1) is 0 Å². The Labute approximate surface area is 59.8 Å². The molecule has 0 spiro atoms. The molecule has 0 aromatic rings. The minimum Gasteiger partial charge on any atom is -0.364 e. The van der Waals surface area contributed by atoms with Crippen molar-refractivity contribution in [2.45, 2.75) is 0 Å². The molecule has 0 aromatic carbocycles. The fourth-order valence-corrected chi connectivity index (χ4v) is 0.257. The fraction of sp³-hybridized carbons (Fsp3) is 0.200. The molecule has 0 fully saturated rings. The van der Waals surface area contributed by atoms with Gasteiger partial charge in [-0.25, -0.2) is 0 Å². The molecule has 0 rings (SSSR count). The molecule has 0 saturated carbocycles. The van der Waals surface area contributed by atoms with Crippen LogP contribution in [-0.4, -0.2) is 18.4 Å². The molecule has 4 heteroatoms. The highest BCUT2D eigenvalue weighted by Crippen LogP contribution is 1.62. The standard InChI is InChI=1S/C5H9N3S/c1-3-4-7-8-5(9)6-2/h3-4H,1H2,2H3,(H2,6,8,9)/b7-4+. The Kier molecular flexibility index (Phi) is 4.72. The van der Waals surface area contributed by atoms with Crippen LogP contribution in [0.1, 0.15) is 0 Å². The topological polar surface area (TPSA) is 36.4 Å². The van der Waals surface area contributed by atoms with Gasteiger partial charge in [0.2, 0.25) is 0 Å². The first-order valence-corrected chi connectivity index (χ1v) is 2.84. The van der Waals surface area contributed by atoms with Gasteiger partial charge >= 0.3 is 0 Å². The largest absolute Gasteiger partial charge is 0.364 e. The highest BCUT2D eigenvalue weighted by Gasteiger charge is 1.80. The molecular weight excluding hydrogens is 134 g/mol. The fourth-order valence-electron chi connectivity index (χ4n) is 0.205. The van der Waals surface area contributed by atoms with Gasteiger partial charge in [0.15, 0.2) is 5.11 Å². The van der Waals surface area contributed by atoms with E-state index >= 15 is 0 Å². The summed E-state index contributed by atoms with van der Waals surface area (Å²) in [5.41, 5.74) is 2.55. The van der Waals surface area contributed by atoms with E-state index in [1.54, 1.807) is 13.1 Å². The summed E-state index contributed by atoms with van der Waals surface area (Å²) < 4.78 is 0. The van der Waals surface area contributed by atoms with Crippen LogP contribution in [0.25, 0.3) is 0 Å². The van der Waals surface area contributed by atoms with E-state index in [1.165, 1.54) is 6.21 Å². The molecule has 0 heterocycles. The zero-order valence-electron chi connectivity index (χ0n) is 5.22. The molecule has 50 valence electrons. The third kappa shape index (κ3) is 4.96. The van der Waals surface area contributed by atoms with Gasteiger partial charge in [-0.3, -0.25) is 5.43 Å². The summed E-state index contributed by atoms with van der Waals surface area (Å²) in [5.74, 6) is 0. The van der Waals surface area contributed by atoms with Crippen molar-refractivity contribution in [3.63, 3.8) is 0 Å². The first kappa shape index (κ1) is 8.10. The van der Waals surface area contributed by atoms with Crippen molar-refractivity contribution in [1.29, 1.82) is 0 Å². The van der Waals surface area contributed by atoms with Gasteiger partial charge in [-0.1, -0.05) is 6.58 Å². The Morgan fingerprint density at radius 2 is 2.44 bits per heavy atom. The van der Waals surface area contributed by atoms with Crippen LogP contribution in [0.3, 0.4) is 0 Å². The van der Waals surface area contributed by atoms with E-state index in [-0.39, 0.29) is 0 Å². The summed E-state index contributed by atoms with van der Waals surface area (Å²) in [6, 6.07) is 0. The number of nitrogens with zero attached hydrogens (tertiary/aromatic N) is 1. The third-order valence-corrected chi connectivity index (χ3v) is 0.869. The maximum atomic E-state index is 4.70. The lowest BCUT2D eigenvalue weighted by Crippen LogP contribution is -2.28. The number of rotatable bonds is 2. The highest BCUT2D eigenvalue weighted by atomic mass is 32.1. The van der Waals surface area contributed by atoms with Gasteiger partial charge in [-0.2, -0.15) is 5.10 Å². The van der Waals surface area contributed by atoms with Crippen LogP contribution < -0.4 is 10.7 Å². The van der Waals surface area contributed by atoms with E-state index in [1.807, 2.05) is 0 Å². The van der Waals surface area contributed by atoms with Crippen LogP contribution in [-0.2, 0) is 0 Å². The van der Waals surface area contributed by atoms with Crippen LogP contribution in [0.5, 0.6) is 0 Å². The monoisotopic (exact) mass is 143 g/mol. The van der Waals surface area contributed by atoms with E-state index in [4.69, 9.17) is 12.2 Å². The van der Waals surface area contributed by atoms with E-state index in [2.05, 4.69) is 22.4 Å². The second-order valence-electron chi connectivity index (χ2n) is 1.20. The Bertz CT molecular complexity index is 130. The molecule has 0 radical (unpaired) electrons. The zero-order valence-corrected chi connectivity index (χ0v) is 6.03. The van der Waals surface area contributed by atoms with Crippen molar-refractivity contribution < 1.29 is 0 Å².